The van der Waals surface area contributed by atoms with E-state index >= 15 is 0 Å². The molecule has 0 bridgehead atoms. The summed E-state index contributed by atoms with van der Waals surface area (Å²) in [5.41, 5.74) is 1.38. The van der Waals surface area contributed by atoms with Crippen LogP contribution in [0.3, 0.4) is 0 Å². The van der Waals surface area contributed by atoms with Crippen LogP contribution in [0.4, 0.5) is 0 Å². The molecule has 3 rings (SSSR count). The summed E-state index contributed by atoms with van der Waals surface area (Å²) in [6.07, 6.45) is 4.71. The van der Waals surface area contributed by atoms with Gasteiger partial charge in [0.15, 0.2) is 0 Å². The Hall–Kier alpha value is -0.870. The van der Waals surface area contributed by atoms with Gasteiger partial charge in [-0.3, -0.25) is 4.79 Å². The molecule has 0 radical (unpaired) electrons. The second kappa shape index (κ2) is 5.63. The van der Waals surface area contributed by atoms with Crippen LogP contribution in [0.1, 0.15) is 42.7 Å². The number of hydrogen-bond donors (Lipinski definition) is 1. The van der Waals surface area contributed by atoms with Gasteiger partial charge >= 0.3 is 0 Å². The van der Waals surface area contributed by atoms with Crippen molar-refractivity contribution in [2.24, 2.45) is 5.92 Å². The Balaban J connectivity index is 1.61. The van der Waals surface area contributed by atoms with E-state index in [1.54, 1.807) is 0 Å². The van der Waals surface area contributed by atoms with Gasteiger partial charge in [0.05, 0.1) is 12.6 Å². The molecule has 1 aromatic heterocycles. The first-order chi connectivity index (χ1) is 9.29. The molecular formula is C15H22N2OS. The highest BCUT2D eigenvalue weighted by Gasteiger charge is 2.30. The zero-order valence-electron chi connectivity index (χ0n) is 11.5. The number of carbonyl (C=O) groups excluding carboxylic acids is 1. The Kier molecular flexibility index (Phi) is 3.89. The van der Waals surface area contributed by atoms with Gasteiger partial charge in [0, 0.05) is 11.4 Å². The topological polar surface area (TPSA) is 32.3 Å². The summed E-state index contributed by atoms with van der Waals surface area (Å²) < 4.78 is 0. The number of nitrogens with zero attached hydrogens (tertiary/aromatic N) is 1. The van der Waals surface area contributed by atoms with Crippen molar-refractivity contribution < 1.29 is 4.79 Å². The Morgan fingerprint density at radius 1 is 1.53 bits per heavy atom. The monoisotopic (exact) mass is 278 g/mol. The van der Waals surface area contributed by atoms with E-state index in [2.05, 4.69) is 28.6 Å². The van der Waals surface area contributed by atoms with Crippen molar-refractivity contribution in [3.63, 3.8) is 0 Å². The number of hydrogen-bond acceptors (Lipinski definition) is 3. The molecule has 1 amide bonds. The summed E-state index contributed by atoms with van der Waals surface area (Å²) in [5, 5.41) is 5.48. The molecule has 4 heteroatoms. The van der Waals surface area contributed by atoms with E-state index in [9.17, 15) is 4.79 Å². The summed E-state index contributed by atoms with van der Waals surface area (Å²) in [5.74, 6) is 1.10. The molecule has 1 saturated carbocycles. The molecule has 1 aliphatic carbocycles. The summed E-state index contributed by atoms with van der Waals surface area (Å²) >= 11 is 1.83. The Morgan fingerprint density at radius 2 is 2.37 bits per heavy atom. The molecule has 2 aliphatic rings. The molecule has 0 saturated heterocycles. The first kappa shape index (κ1) is 13.1. The normalized spacial score (nSPS) is 22.4. The fourth-order valence-corrected chi connectivity index (χ4v) is 3.87. The number of fused-ring (bicyclic) bond motifs is 1. The zero-order chi connectivity index (χ0) is 13.2. The Bertz CT molecular complexity index is 453. The maximum absolute atomic E-state index is 12.4. The lowest BCUT2D eigenvalue weighted by Crippen LogP contribution is -2.43. The van der Waals surface area contributed by atoms with E-state index in [1.165, 1.54) is 23.3 Å². The average molecular weight is 278 g/mol. The van der Waals surface area contributed by atoms with Gasteiger partial charge < -0.3 is 10.2 Å². The summed E-state index contributed by atoms with van der Waals surface area (Å²) in [4.78, 5) is 15.9. The third kappa shape index (κ3) is 2.84. The van der Waals surface area contributed by atoms with Crippen LogP contribution in [0.15, 0.2) is 11.4 Å². The minimum absolute atomic E-state index is 0.268. The van der Waals surface area contributed by atoms with E-state index in [-0.39, 0.29) is 5.91 Å². The van der Waals surface area contributed by atoms with Crippen LogP contribution >= 0.6 is 11.3 Å². The largest absolute Gasteiger partial charge is 0.334 e. The highest BCUT2D eigenvalue weighted by molar-refractivity contribution is 7.10. The van der Waals surface area contributed by atoms with Crippen LogP contribution in [0.2, 0.25) is 0 Å². The number of nitrogens with one attached hydrogen (secondary N) is 1. The van der Waals surface area contributed by atoms with Gasteiger partial charge in [-0.1, -0.05) is 6.92 Å². The lowest BCUT2D eigenvalue weighted by atomic mass is 9.98. The van der Waals surface area contributed by atoms with Crippen molar-refractivity contribution in [1.29, 1.82) is 0 Å². The van der Waals surface area contributed by atoms with Crippen LogP contribution in [-0.4, -0.2) is 30.4 Å². The summed E-state index contributed by atoms with van der Waals surface area (Å²) in [6.45, 7) is 4.58. The molecule has 1 fully saturated rings. The molecule has 1 unspecified atom stereocenters. The quantitative estimate of drug-likeness (QED) is 0.898. The minimum atomic E-state index is 0.268. The van der Waals surface area contributed by atoms with E-state index in [0.717, 1.165) is 31.8 Å². The smallest absolute Gasteiger partial charge is 0.237 e. The predicted molar refractivity (Wildman–Crippen MR) is 78.4 cm³/mol. The standard InChI is InChI=1S/C15H22N2OS/c1-2-13-12-6-8-19-14(12)5-7-17(13)15(18)10-16-9-11-3-4-11/h6,8,11,13,16H,2-5,7,9-10H2,1H3. The Labute approximate surface area is 119 Å². The third-order valence-corrected chi connectivity index (χ3v) is 5.20. The fourth-order valence-electron chi connectivity index (χ4n) is 2.94. The maximum Gasteiger partial charge on any atom is 0.237 e. The van der Waals surface area contributed by atoms with Gasteiger partial charge in [-0.05, 0) is 55.2 Å². The molecule has 1 N–H and O–H groups in total. The molecule has 3 nitrogen and oxygen atoms in total. The SMILES string of the molecule is CCC1c2ccsc2CCN1C(=O)CNCC1CC1. The van der Waals surface area contributed by atoms with Crippen molar-refractivity contribution >= 4 is 17.2 Å². The molecule has 2 heterocycles. The molecule has 1 aliphatic heterocycles. The molecule has 0 aromatic carbocycles. The highest BCUT2D eigenvalue weighted by Crippen LogP contribution is 2.35. The van der Waals surface area contributed by atoms with Gasteiger partial charge in [-0.15, -0.1) is 11.3 Å². The van der Waals surface area contributed by atoms with Crippen molar-refractivity contribution in [1.82, 2.24) is 10.2 Å². The van der Waals surface area contributed by atoms with Crippen molar-refractivity contribution in [3.8, 4) is 0 Å². The van der Waals surface area contributed by atoms with E-state index in [0.29, 0.717) is 12.6 Å². The average Bonchev–Trinajstić information content (AvgIpc) is 3.12. The lowest BCUT2D eigenvalue weighted by Gasteiger charge is -2.35. The molecule has 19 heavy (non-hydrogen) atoms. The second-order valence-corrected chi connectivity index (χ2v) is 6.64. The summed E-state index contributed by atoms with van der Waals surface area (Å²) in [7, 11) is 0. The van der Waals surface area contributed by atoms with Crippen molar-refractivity contribution in [2.75, 3.05) is 19.6 Å². The first-order valence-electron chi connectivity index (χ1n) is 7.36. The Morgan fingerprint density at radius 3 is 3.11 bits per heavy atom. The predicted octanol–water partition coefficient (Wildman–Crippen LogP) is 2.58. The van der Waals surface area contributed by atoms with E-state index in [4.69, 9.17) is 0 Å². The number of rotatable bonds is 5. The minimum Gasteiger partial charge on any atom is -0.334 e. The maximum atomic E-state index is 12.4. The molecule has 1 atom stereocenters. The van der Waals surface area contributed by atoms with Gasteiger partial charge in [0.1, 0.15) is 0 Å². The van der Waals surface area contributed by atoms with E-state index < -0.39 is 0 Å². The summed E-state index contributed by atoms with van der Waals surface area (Å²) in [6, 6.07) is 2.50. The first-order valence-corrected chi connectivity index (χ1v) is 8.24. The fraction of sp³-hybridized carbons (Fsp3) is 0.667. The van der Waals surface area contributed by atoms with Crippen LogP contribution in [0, 0.1) is 5.92 Å². The van der Waals surface area contributed by atoms with Crippen molar-refractivity contribution in [2.45, 2.75) is 38.6 Å². The van der Waals surface area contributed by atoms with Gasteiger partial charge in [0.25, 0.3) is 0 Å². The number of thiophene rings is 1. The number of carbonyl (C=O) groups is 1. The second-order valence-electron chi connectivity index (χ2n) is 5.63. The van der Waals surface area contributed by atoms with Crippen LogP contribution in [0.5, 0.6) is 0 Å². The molecular weight excluding hydrogens is 256 g/mol. The zero-order valence-corrected chi connectivity index (χ0v) is 12.3. The molecule has 104 valence electrons. The van der Waals surface area contributed by atoms with Gasteiger partial charge in [-0.2, -0.15) is 0 Å². The third-order valence-electron chi connectivity index (χ3n) is 4.21. The van der Waals surface area contributed by atoms with Crippen molar-refractivity contribution in [3.05, 3.63) is 21.9 Å². The van der Waals surface area contributed by atoms with Gasteiger partial charge in [0.2, 0.25) is 5.91 Å². The lowest BCUT2D eigenvalue weighted by molar-refractivity contribution is -0.133. The molecule has 0 spiro atoms. The van der Waals surface area contributed by atoms with Crippen LogP contribution in [-0.2, 0) is 11.2 Å². The molecule has 1 aromatic rings. The van der Waals surface area contributed by atoms with E-state index in [1.807, 2.05) is 11.3 Å². The van der Waals surface area contributed by atoms with Crippen LogP contribution < -0.4 is 5.32 Å². The van der Waals surface area contributed by atoms with Gasteiger partial charge in [-0.25, -0.2) is 0 Å². The van der Waals surface area contributed by atoms with Crippen LogP contribution in [0.25, 0.3) is 0 Å². The highest BCUT2D eigenvalue weighted by atomic mass is 32.1. The number of amides is 1.